The normalized spacial score (nSPS) is 31.4. The van der Waals surface area contributed by atoms with Gasteiger partial charge in [-0.05, 0) is 25.2 Å². The van der Waals surface area contributed by atoms with E-state index in [1.54, 1.807) is 0 Å². The van der Waals surface area contributed by atoms with E-state index in [-0.39, 0.29) is 0 Å². The lowest BCUT2D eigenvalue weighted by molar-refractivity contribution is 0.182. The van der Waals surface area contributed by atoms with Crippen molar-refractivity contribution in [1.82, 2.24) is 0 Å². The highest BCUT2D eigenvalue weighted by Crippen LogP contribution is 2.45. The summed E-state index contributed by atoms with van der Waals surface area (Å²) in [6.45, 7) is 9.14. The highest BCUT2D eigenvalue weighted by Gasteiger charge is 2.48. The molecule has 0 aromatic heterocycles. The maximum atomic E-state index is 5.63. The molecule has 1 aliphatic heterocycles. The molecule has 0 amide bonds. The summed E-state index contributed by atoms with van der Waals surface area (Å²) >= 11 is 0. The van der Waals surface area contributed by atoms with Gasteiger partial charge in [-0.15, -0.1) is 0 Å². The van der Waals surface area contributed by atoms with Crippen LogP contribution >= 0.6 is 0 Å². The zero-order valence-corrected chi connectivity index (χ0v) is 9.60. The number of hydrogen-bond donors (Lipinski definition) is 0. The van der Waals surface area contributed by atoms with E-state index in [2.05, 4.69) is 27.7 Å². The fourth-order valence-corrected chi connectivity index (χ4v) is 2.48. The first kappa shape index (κ1) is 11.0. The molecule has 1 fully saturated rings. The molecular weight excluding hydrogens is 160 g/mol. The Morgan fingerprint density at radius 3 is 2.15 bits per heavy atom. The number of hydrogen-bond acceptors (Lipinski definition) is 1. The van der Waals surface area contributed by atoms with Crippen molar-refractivity contribution in [3.8, 4) is 0 Å². The molecule has 1 heterocycles. The topological polar surface area (TPSA) is 12.5 Å². The van der Waals surface area contributed by atoms with Crippen molar-refractivity contribution in [3.05, 3.63) is 0 Å². The van der Waals surface area contributed by atoms with Crippen molar-refractivity contribution < 1.29 is 4.74 Å². The zero-order chi connectivity index (χ0) is 9.90. The Bertz CT molecular complexity index is 155. The first-order chi connectivity index (χ1) is 6.14. The molecule has 1 nitrogen and oxygen atoms in total. The van der Waals surface area contributed by atoms with Crippen LogP contribution in [0.15, 0.2) is 0 Å². The molecule has 78 valence electrons. The third kappa shape index (κ3) is 2.70. The Kier molecular flexibility index (Phi) is 3.78. The van der Waals surface area contributed by atoms with E-state index in [4.69, 9.17) is 4.74 Å². The smallest absolute Gasteiger partial charge is 0.0892 e. The molecule has 0 aliphatic carbocycles. The summed E-state index contributed by atoms with van der Waals surface area (Å²) in [5.74, 6) is 0. The van der Waals surface area contributed by atoms with Gasteiger partial charge in [-0.2, -0.15) is 0 Å². The van der Waals surface area contributed by atoms with Gasteiger partial charge < -0.3 is 4.74 Å². The van der Waals surface area contributed by atoms with Crippen LogP contribution in [0.4, 0.5) is 0 Å². The first-order valence-electron chi connectivity index (χ1n) is 5.79. The van der Waals surface area contributed by atoms with Crippen LogP contribution in [0.5, 0.6) is 0 Å². The third-order valence-electron chi connectivity index (χ3n) is 3.32. The predicted molar refractivity (Wildman–Crippen MR) is 56.9 cm³/mol. The fraction of sp³-hybridized carbons (Fsp3) is 1.00. The Hall–Kier alpha value is -0.0400. The molecule has 3 unspecified atom stereocenters. The minimum atomic E-state index is 0.462. The van der Waals surface area contributed by atoms with Crippen LogP contribution in [-0.2, 0) is 4.74 Å². The van der Waals surface area contributed by atoms with Gasteiger partial charge in [0.2, 0.25) is 0 Å². The van der Waals surface area contributed by atoms with Crippen LogP contribution < -0.4 is 0 Å². The van der Waals surface area contributed by atoms with Gasteiger partial charge in [-0.25, -0.2) is 0 Å². The average Bonchev–Trinajstić information content (AvgIpc) is 2.80. The second-order valence-corrected chi connectivity index (χ2v) is 4.77. The summed E-state index contributed by atoms with van der Waals surface area (Å²) in [5, 5.41) is 0. The lowest BCUT2D eigenvalue weighted by Crippen LogP contribution is -2.24. The summed E-state index contributed by atoms with van der Waals surface area (Å²) in [5.41, 5.74) is 0.462. The maximum absolute atomic E-state index is 5.63. The molecular formula is C12H24O. The van der Waals surface area contributed by atoms with Crippen molar-refractivity contribution in [3.63, 3.8) is 0 Å². The zero-order valence-electron chi connectivity index (χ0n) is 9.60. The van der Waals surface area contributed by atoms with E-state index in [1.165, 1.54) is 32.1 Å². The number of ether oxygens (including phenoxy) is 1. The van der Waals surface area contributed by atoms with Crippen LogP contribution in [0.25, 0.3) is 0 Å². The molecule has 1 rings (SSSR count). The van der Waals surface area contributed by atoms with Gasteiger partial charge in [0, 0.05) is 0 Å². The van der Waals surface area contributed by atoms with Crippen LogP contribution in [0.3, 0.4) is 0 Å². The quantitative estimate of drug-likeness (QED) is 0.572. The third-order valence-corrected chi connectivity index (χ3v) is 3.32. The molecule has 1 heteroatoms. The standard InChI is InChI=1S/C12H24O/c1-5-7-9-12(4,8-6-2)11-10(3)13-11/h10-11H,5-9H2,1-4H3. The fourth-order valence-electron chi connectivity index (χ4n) is 2.48. The molecule has 0 bridgehead atoms. The number of rotatable bonds is 6. The van der Waals surface area contributed by atoms with E-state index in [1.807, 2.05) is 0 Å². The molecule has 1 saturated heterocycles. The lowest BCUT2D eigenvalue weighted by atomic mass is 9.77. The van der Waals surface area contributed by atoms with Gasteiger partial charge in [-0.3, -0.25) is 0 Å². The van der Waals surface area contributed by atoms with Gasteiger partial charge >= 0.3 is 0 Å². The van der Waals surface area contributed by atoms with Crippen LogP contribution in [-0.4, -0.2) is 12.2 Å². The van der Waals surface area contributed by atoms with Crippen LogP contribution in [0.2, 0.25) is 0 Å². The van der Waals surface area contributed by atoms with Crippen molar-refractivity contribution in [2.24, 2.45) is 5.41 Å². The molecule has 0 saturated carbocycles. The monoisotopic (exact) mass is 184 g/mol. The molecule has 0 aromatic rings. The second kappa shape index (κ2) is 4.45. The van der Waals surface area contributed by atoms with Crippen molar-refractivity contribution in [2.75, 3.05) is 0 Å². The van der Waals surface area contributed by atoms with Gasteiger partial charge in [0.25, 0.3) is 0 Å². The highest BCUT2D eigenvalue weighted by atomic mass is 16.6. The Balaban J connectivity index is 2.42. The average molecular weight is 184 g/mol. The van der Waals surface area contributed by atoms with Crippen LogP contribution in [0, 0.1) is 5.41 Å². The van der Waals surface area contributed by atoms with Gasteiger partial charge in [-0.1, -0.05) is 40.0 Å². The van der Waals surface area contributed by atoms with Gasteiger partial charge in [0.1, 0.15) is 0 Å². The molecule has 13 heavy (non-hydrogen) atoms. The molecule has 0 radical (unpaired) electrons. The first-order valence-corrected chi connectivity index (χ1v) is 5.79. The van der Waals surface area contributed by atoms with Gasteiger partial charge in [0.15, 0.2) is 0 Å². The molecule has 1 aliphatic rings. The number of epoxide rings is 1. The summed E-state index contributed by atoms with van der Waals surface area (Å²) in [6, 6.07) is 0. The number of unbranched alkanes of at least 4 members (excludes halogenated alkanes) is 1. The molecule has 0 spiro atoms. The Morgan fingerprint density at radius 1 is 1.15 bits per heavy atom. The maximum Gasteiger partial charge on any atom is 0.0892 e. The predicted octanol–water partition coefficient (Wildman–Crippen LogP) is 3.77. The molecule has 0 aromatic carbocycles. The minimum absolute atomic E-state index is 0.462. The van der Waals surface area contributed by atoms with E-state index in [0.717, 1.165) is 0 Å². The van der Waals surface area contributed by atoms with Gasteiger partial charge in [0.05, 0.1) is 12.2 Å². The minimum Gasteiger partial charge on any atom is -0.369 e. The van der Waals surface area contributed by atoms with E-state index < -0.39 is 0 Å². The molecule has 0 N–H and O–H groups in total. The van der Waals surface area contributed by atoms with Crippen molar-refractivity contribution in [1.29, 1.82) is 0 Å². The largest absolute Gasteiger partial charge is 0.369 e. The second-order valence-electron chi connectivity index (χ2n) is 4.77. The summed E-state index contributed by atoms with van der Waals surface area (Å²) in [6.07, 6.45) is 7.68. The molecule has 3 atom stereocenters. The summed E-state index contributed by atoms with van der Waals surface area (Å²) < 4.78 is 5.63. The summed E-state index contributed by atoms with van der Waals surface area (Å²) in [7, 11) is 0. The SMILES string of the molecule is CCCCC(C)(CCC)C1OC1C. The van der Waals surface area contributed by atoms with Crippen LogP contribution in [0.1, 0.15) is 59.8 Å². The van der Waals surface area contributed by atoms with E-state index in [0.29, 0.717) is 17.6 Å². The highest BCUT2D eigenvalue weighted by molar-refractivity contribution is 4.95. The Labute approximate surface area is 82.9 Å². The summed E-state index contributed by atoms with van der Waals surface area (Å²) in [4.78, 5) is 0. The van der Waals surface area contributed by atoms with Crippen molar-refractivity contribution >= 4 is 0 Å². The lowest BCUT2D eigenvalue weighted by Gasteiger charge is -2.27. The van der Waals surface area contributed by atoms with E-state index >= 15 is 0 Å². The van der Waals surface area contributed by atoms with E-state index in [9.17, 15) is 0 Å². The van der Waals surface area contributed by atoms with Crippen molar-refractivity contribution in [2.45, 2.75) is 72.0 Å². The Morgan fingerprint density at radius 2 is 1.77 bits per heavy atom.